The summed E-state index contributed by atoms with van der Waals surface area (Å²) in [5, 5.41) is 4.11. The van der Waals surface area contributed by atoms with Crippen molar-refractivity contribution in [2.24, 2.45) is 12.0 Å². The van der Waals surface area contributed by atoms with Gasteiger partial charge in [0, 0.05) is 26.3 Å². The minimum atomic E-state index is -0.304. The van der Waals surface area contributed by atoms with Crippen LogP contribution in [0.2, 0.25) is 0 Å². The van der Waals surface area contributed by atoms with Crippen molar-refractivity contribution < 1.29 is 14.3 Å². The van der Waals surface area contributed by atoms with Crippen molar-refractivity contribution in [2.45, 2.75) is 13.5 Å². The molecule has 1 aromatic carbocycles. The Hall–Kier alpha value is -2.45. The van der Waals surface area contributed by atoms with Crippen molar-refractivity contribution in [3.8, 4) is 5.75 Å². The predicted molar refractivity (Wildman–Crippen MR) is 96.1 cm³/mol. The van der Waals surface area contributed by atoms with Crippen molar-refractivity contribution in [3.63, 3.8) is 0 Å². The van der Waals surface area contributed by atoms with Gasteiger partial charge in [-0.1, -0.05) is 11.3 Å². The van der Waals surface area contributed by atoms with Crippen molar-refractivity contribution in [1.29, 1.82) is 0 Å². The van der Waals surface area contributed by atoms with Gasteiger partial charge in [0.2, 0.25) is 0 Å². The summed E-state index contributed by atoms with van der Waals surface area (Å²) in [6.45, 7) is 2.99. The minimum absolute atomic E-state index is 0.304. The van der Waals surface area contributed by atoms with E-state index in [1.807, 2.05) is 29.7 Å². The van der Waals surface area contributed by atoms with E-state index in [0.29, 0.717) is 23.6 Å². The van der Waals surface area contributed by atoms with Gasteiger partial charge in [0.1, 0.15) is 11.4 Å². The molecule has 0 atom stereocenters. The molecule has 0 spiro atoms. The number of ether oxygens (including phenoxy) is 2. The highest BCUT2D eigenvalue weighted by Crippen LogP contribution is 2.23. The van der Waals surface area contributed by atoms with Gasteiger partial charge in [-0.25, -0.2) is 0 Å². The number of rotatable bonds is 5. The zero-order valence-electron chi connectivity index (χ0n) is 14.6. The first-order valence-corrected chi connectivity index (χ1v) is 8.60. The molecule has 1 amide bonds. The molecule has 0 unspecified atom stereocenters. The Morgan fingerprint density at radius 2 is 2.16 bits per heavy atom. The molecular formula is C17H20N4O3S. The molecule has 25 heavy (non-hydrogen) atoms. The number of aromatic nitrogens is 3. The first-order chi connectivity index (χ1) is 12.0. The number of hydrogen-bond acceptors (Lipinski definition) is 5. The highest BCUT2D eigenvalue weighted by atomic mass is 32.1. The number of carbonyl (C=O) groups excluding carboxylic acids is 1. The summed E-state index contributed by atoms with van der Waals surface area (Å²) in [5.41, 5.74) is 2.30. The predicted octanol–water partition coefficient (Wildman–Crippen LogP) is 2.14. The third-order valence-electron chi connectivity index (χ3n) is 3.93. The maximum Gasteiger partial charge on any atom is 0.298 e. The number of aryl methyl sites for hydroxylation is 2. The second-order valence-corrected chi connectivity index (χ2v) is 6.59. The van der Waals surface area contributed by atoms with Crippen LogP contribution in [0, 0.1) is 6.92 Å². The van der Waals surface area contributed by atoms with Crippen LogP contribution < -0.4 is 9.54 Å². The highest BCUT2D eigenvalue weighted by molar-refractivity contribution is 7.16. The normalized spacial score (nSPS) is 12.1. The molecule has 0 N–H and O–H groups in total. The van der Waals surface area contributed by atoms with Crippen molar-refractivity contribution >= 4 is 27.5 Å². The second kappa shape index (κ2) is 7.20. The molecule has 0 saturated carbocycles. The van der Waals surface area contributed by atoms with Gasteiger partial charge in [0.25, 0.3) is 5.91 Å². The van der Waals surface area contributed by atoms with Gasteiger partial charge < -0.3 is 14.0 Å². The van der Waals surface area contributed by atoms with Crippen molar-refractivity contribution in [2.75, 3.05) is 20.8 Å². The van der Waals surface area contributed by atoms with E-state index < -0.39 is 0 Å². The topological polar surface area (TPSA) is 70.6 Å². The van der Waals surface area contributed by atoms with Crippen LogP contribution in [0.4, 0.5) is 0 Å². The van der Waals surface area contributed by atoms with Crippen LogP contribution >= 0.6 is 11.3 Å². The number of methoxy groups -OCH3 is 2. The molecule has 3 aromatic rings. The lowest BCUT2D eigenvalue weighted by Gasteiger charge is -2.05. The number of amides is 1. The number of nitrogens with zero attached hydrogens (tertiary/aromatic N) is 4. The minimum Gasteiger partial charge on any atom is -0.497 e. The van der Waals surface area contributed by atoms with Gasteiger partial charge in [-0.3, -0.25) is 9.48 Å². The molecule has 0 radical (unpaired) electrons. The summed E-state index contributed by atoms with van der Waals surface area (Å²) in [5.74, 6) is 0.468. The van der Waals surface area contributed by atoms with Gasteiger partial charge in [-0.05, 0) is 25.1 Å². The molecule has 2 heterocycles. The number of thiazole rings is 1. The Morgan fingerprint density at radius 1 is 1.36 bits per heavy atom. The number of carbonyl (C=O) groups is 1. The highest BCUT2D eigenvalue weighted by Gasteiger charge is 2.15. The van der Waals surface area contributed by atoms with E-state index in [4.69, 9.17) is 9.47 Å². The van der Waals surface area contributed by atoms with Gasteiger partial charge in [-0.2, -0.15) is 10.1 Å². The third-order valence-corrected chi connectivity index (χ3v) is 4.97. The van der Waals surface area contributed by atoms with Gasteiger partial charge in [-0.15, -0.1) is 0 Å². The van der Waals surface area contributed by atoms with Crippen LogP contribution in [0.1, 0.15) is 16.1 Å². The molecule has 3 rings (SSSR count). The smallest absolute Gasteiger partial charge is 0.298 e. The molecule has 2 aromatic heterocycles. The Kier molecular flexibility index (Phi) is 5.00. The number of fused-ring (bicyclic) bond motifs is 1. The molecule has 0 aliphatic carbocycles. The van der Waals surface area contributed by atoms with E-state index in [-0.39, 0.29) is 5.91 Å². The monoisotopic (exact) mass is 360 g/mol. The largest absolute Gasteiger partial charge is 0.497 e. The first-order valence-electron chi connectivity index (χ1n) is 7.79. The molecule has 0 saturated heterocycles. The molecule has 0 bridgehead atoms. The summed E-state index contributed by atoms with van der Waals surface area (Å²) >= 11 is 1.45. The van der Waals surface area contributed by atoms with E-state index in [9.17, 15) is 4.79 Å². The summed E-state index contributed by atoms with van der Waals surface area (Å²) in [6, 6.07) is 5.82. The summed E-state index contributed by atoms with van der Waals surface area (Å²) in [4.78, 5) is 17.6. The van der Waals surface area contributed by atoms with Crippen LogP contribution in [0.3, 0.4) is 0 Å². The molecule has 7 nitrogen and oxygen atoms in total. The van der Waals surface area contributed by atoms with Crippen LogP contribution in [-0.2, 0) is 18.3 Å². The van der Waals surface area contributed by atoms with Crippen molar-refractivity contribution in [1.82, 2.24) is 14.3 Å². The maximum atomic E-state index is 12.7. The molecule has 132 valence electrons. The first kappa shape index (κ1) is 17.4. The lowest BCUT2D eigenvalue weighted by atomic mass is 10.3. The summed E-state index contributed by atoms with van der Waals surface area (Å²) in [7, 11) is 5.03. The van der Waals surface area contributed by atoms with Crippen LogP contribution in [-0.4, -0.2) is 41.1 Å². The molecular weight excluding hydrogens is 340 g/mol. The SMILES string of the molecule is COCCn1c(=NC(=O)c2c(C)cnn2C)sc2cc(OC)ccc21. The second-order valence-electron chi connectivity index (χ2n) is 5.58. The van der Waals surface area contributed by atoms with Crippen LogP contribution in [0.15, 0.2) is 29.4 Å². The van der Waals surface area contributed by atoms with Gasteiger partial charge in [0.05, 0.1) is 30.1 Å². The molecule has 0 aliphatic heterocycles. The zero-order chi connectivity index (χ0) is 18.0. The zero-order valence-corrected chi connectivity index (χ0v) is 15.5. The fourth-order valence-corrected chi connectivity index (χ4v) is 3.74. The van der Waals surface area contributed by atoms with E-state index in [1.54, 1.807) is 32.1 Å². The Balaban J connectivity index is 2.14. The fourth-order valence-electron chi connectivity index (χ4n) is 2.66. The van der Waals surface area contributed by atoms with E-state index in [2.05, 4.69) is 10.1 Å². The Bertz CT molecular complexity index is 964. The number of benzene rings is 1. The van der Waals surface area contributed by atoms with E-state index >= 15 is 0 Å². The van der Waals surface area contributed by atoms with Crippen LogP contribution in [0.25, 0.3) is 10.2 Å². The molecule has 0 fully saturated rings. The van der Waals surface area contributed by atoms with E-state index in [1.165, 1.54) is 11.3 Å². The Morgan fingerprint density at radius 3 is 2.80 bits per heavy atom. The van der Waals surface area contributed by atoms with Gasteiger partial charge in [0.15, 0.2) is 4.80 Å². The summed E-state index contributed by atoms with van der Waals surface area (Å²) in [6.07, 6.45) is 1.66. The quantitative estimate of drug-likeness (QED) is 0.699. The summed E-state index contributed by atoms with van der Waals surface area (Å²) < 4.78 is 15.0. The standard InChI is InChI=1S/C17H20N4O3S/c1-11-10-18-20(2)15(11)16(22)19-17-21(7-8-23-3)13-6-5-12(24-4)9-14(13)25-17/h5-6,9-10H,7-8H2,1-4H3. The number of hydrogen-bond donors (Lipinski definition) is 0. The maximum absolute atomic E-state index is 12.7. The lowest BCUT2D eigenvalue weighted by molar-refractivity contribution is 0.0988. The van der Waals surface area contributed by atoms with Crippen molar-refractivity contribution in [3.05, 3.63) is 40.5 Å². The Labute approximate surface area is 149 Å². The van der Waals surface area contributed by atoms with Crippen LogP contribution in [0.5, 0.6) is 5.75 Å². The molecule has 8 heteroatoms. The third kappa shape index (κ3) is 3.35. The molecule has 0 aliphatic rings. The fraction of sp³-hybridized carbons (Fsp3) is 0.353. The van der Waals surface area contributed by atoms with Gasteiger partial charge >= 0.3 is 0 Å². The average molecular weight is 360 g/mol. The average Bonchev–Trinajstić information content (AvgIpc) is 3.11. The van der Waals surface area contributed by atoms with E-state index in [0.717, 1.165) is 21.5 Å². The lowest BCUT2D eigenvalue weighted by Crippen LogP contribution is -2.20.